The molecule has 0 saturated heterocycles. The fraction of sp³-hybridized carbons (Fsp3) is 0.125. The Morgan fingerprint density at radius 2 is 1.95 bits per heavy atom. The topological polar surface area (TPSA) is 51.0 Å². The maximum absolute atomic E-state index is 5.23. The molecule has 0 saturated carbocycles. The van der Waals surface area contributed by atoms with Crippen molar-refractivity contribution in [2.75, 3.05) is 5.32 Å². The molecule has 3 aromatic rings. The van der Waals surface area contributed by atoms with Crippen LogP contribution in [0.3, 0.4) is 0 Å². The average Bonchev–Trinajstić information content (AvgIpc) is 3.02. The van der Waals surface area contributed by atoms with Gasteiger partial charge in [-0.05, 0) is 30.2 Å². The van der Waals surface area contributed by atoms with Gasteiger partial charge in [-0.15, -0.1) is 10.2 Å². The minimum Gasteiger partial charge on any atom is -0.423 e. The second-order valence-electron chi connectivity index (χ2n) is 4.61. The molecule has 0 unspecified atom stereocenters. The van der Waals surface area contributed by atoms with Crippen LogP contribution in [0.15, 0.2) is 59.3 Å². The van der Waals surface area contributed by atoms with E-state index in [2.05, 4.69) is 34.6 Å². The summed E-state index contributed by atoms with van der Waals surface area (Å²) in [4.78, 5) is 0. The number of nitrogens with zero attached hydrogens (tertiary/aromatic N) is 2. The molecule has 4 nitrogen and oxygen atoms in total. The lowest BCUT2D eigenvalue weighted by molar-refractivity contribution is 0.568. The van der Waals surface area contributed by atoms with E-state index >= 15 is 0 Å². The molecule has 0 aliphatic heterocycles. The van der Waals surface area contributed by atoms with Crippen LogP contribution in [0, 0.1) is 6.92 Å². The van der Waals surface area contributed by atoms with Gasteiger partial charge < -0.3 is 9.73 Å². The molecule has 3 rings (SSSR count). The third kappa shape index (κ3) is 2.69. The highest BCUT2D eigenvalue weighted by molar-refractivity contribution is 5.64. The van der Waals surface area contributed by atoms with Crippen LogP contribution in [0.2, 0.25) is 0 Å². The number of nitrogens with one attached hydrogen (secondary N) is 1. The van der Waals surface area contributed by atoms with Gasteiger partial charge in [-0.25, -0.2) is 0 Å². The Kier molecular flexibility index (Phi) is 3.46. The third-order valence-electron chi connectivity index (χ3n) is 3.17. The van der Waals surface area contributed by atoms with Crippen molar-refractivity contribution in [3.63, 3.8) is 0 Å². The van der Waals surface area contributed by atoms with Gasteiger partial charge in [0.15, 0.2) is 0 Å². The van der Waals surface area contributed by atoms with Crippen LogP contribution < -0.4 is 5.32 Å². The maximum atomic E-state index is 5.23. The fourth-order valence-corrected chi connectivity index (χ4v) is 2.04. The Morgan fingerprint density at radius 1 is 1.10 bits per heavy atom. The number of hydrogen-bond acceptors (Lipinski definition) is 4. The Labute approximate surface area is 117 Å². The van der Waals surface area contributed by atoms with Crippen molar-refractivity contribution in [3.05, 3.63) is 66.1 Å². The molecule has 0 amide bonds. The van der Waals surface area contributed by atoms with Crippen LogP contribution in [0.4, 0.5) is 5.69 Å². The van der Waals surface area contributed by atoms with E-state index in [1.54, 1.807) is 0 Å². The maximum Gasteiger partial charge on any atom is 0.247 e. The molecule has 1 N–H and O–H groups in total. The zero-order valence-electron chi connectivity index (χ0n) is 11.2. The summed E-state index contributed by atoms with van der Waals surface area (Å²) in [5.41, 5.74) is 4.42. The highest BCUT2D eigenvalue weighted by Gasteiger charge is 2.06. The predicted octanol–water partition coefficient (Wildman–Crippen LogP) is 3.66. The molecule has 4 heteroatoms. The minimum absolute atomic E-state index is 0.535. The summed E-state index contributed by atoms with van der Waals surface area (Å²) >= 11 is 0. The van der Waals surface area contributed by atoms with Crippen LogP contribution in [-0.2, 0) is 6.54 Å². The summed E-state index contributed by atoms with van der Waals surface area (Å²) in [5.74, 6) is 0.535. The van der Waals surface area contributed by atoms with Crippen LogP contribution in [-0.4, -0.2) is 10.2 Å². The van der Waals surface area contributed by atoms with Crippen LogP contribution in [0.25, 0.3) is 11.5 Å². The van der Waals surface area contributed by atoms with Gasteiger partial charge in [0.25, 0.3) is 0 Å². The van der Waals surface area contributed by atoms with Gasteiger partial charge >= 0.3 is 0 Å². The number of hydrogen-bond donors (Lipinski definition) is 1. The lowest BCUT2D eigenvalue weighted by atomic mass is 10.1. The molecule has 0 atom stereocenters. The van der Waals surface area contributed by atoms with Crippen molar-refractivity contribution >= 4 is 5.69 Å². The molecular formula is C16H15N3O. The predicted molar refractivity (Wildman–Crippen MR) is 78.2 cm³/mol. The van der Waals surface area contributed by atoms with Crippen molar-refractivity contribution in [2.45, 2.75) is 13.5 Å². The number of benzene rings is 2. The van der Waals surface area contributed by atoms with Gasteiger partial charge in [0, 0.05) is 17.8 Å². The van der Waals surface area contributed by atoms with Crippen LogP contribution >= 0.6 is 0 Å². The first-order chi connectivity index (χ1) is 9.83. The van der Waals surface area contributed by atoms with Gasteiger partial charge in [-0.2, -0.15) is 0 Å². The van der Waals surface area contributed by atoms with Crippen molar-refractivity contribution in [3.8, 4) is 11.5 Å². The Bertz CT molecular complexity index is 678. The van der Waals surface area contributed by atoms with E-state index in [9.17, 15) is 0 Å². The number of rotatable bonds is 4. The summed E-state index contributed by atoms with van der Waals surface area (Å²) < 4.78 is 5.23. The highest BCUT2D eigenvalue weighted by Crippen LogP contribution is 2.24. The van der Waals surface area contributed by atoms with Crippen LogP contribution in [0.1, 0.15) is 11.1 Å². The number of aromatic nitrogens is 2. The SMILES string of the molecule is Cc1ccc(-c2nnco2)cc1NCc1ccccc1. The van der Waals surface area contributed by atoms with E-state index in [0.29, 0.717) is 5.89 Å². The molecule has 0 aliphatic carbocycles. The lowest BCUT2D eigenvalue weighted by Crippen LogP contribution is -2.01. The highest BCUT2D eigenvalue weighted by atomic mass is 16.4. The van der Waals surface area contributed by atoms with E-state index in [1.807, 2.05) is 36.4 Å². The molecule has 2 aromatic carbocycles. The summed E-state index contributed by atoms with van der Waals surface area (Å²) in [7, 11) is 0. The summed E-state index contributed by atoms with van der Waals surface area (Å²) in [6, 6.07) is 16.4. The molecule has 0 spiro atoms. The van der Waals surface area contributed by atoms with Gasteiger partial charge in [0.05, 0.1) is 0 Å². The zero-order chi connectivity index (χ0) is 13.8. The largest absolute Gasteiger partial charge is 0.423 e. The first-order valence-electron chi connectivity index (χ1n) is 6.48. The second-order valence-corrected chi connectivity index (χ2v) is 4.61. The fourth-order valence-electron chi connectivity index (χ4n) is 2.04. The van der Waals surface area contributed by atoms with Gasteiger partial charge in [-0.1, -0.05) is 36.4 Å². The van der Waals surface area contributed by atoms with E-state index in [4.69, 9.17) is 4.42 Å². The Morgan fingerprint density at radius 3 is 2.70 bits per heavy atom. The molecule has 0 aliphatic rings. The summed E-state index contributed by atoms with van der Waals surface area (Å²) in [5, 5.41) is 11.1. The van der Waals surface area contributed by atoms with Crippen molar-refractivity contribution in [1.29, 1.82) is 0 Å². The smallest absolute Gasteiger partial charge is 0.247 e. The normalized spacial score (nSPS) is 10.4. The second kappa shape index (κ2) is 5.57. The number of anilines is 1. The quantitative estimate of drug-likeness (QED) is 0.782. The standard InChI is InChI=1S/C16H15N3O/c1-12-7-8-14(16-19-18-11-20-16)9-15(12)17-10-13-5-3-2-4-6-13/h2-9,11,17H,10H2,1H3. The average molecular weight is 265 g/mol. The Balaban J connectivity index is 1.80. The zero-order valence-corrected chi connectivity index (χ0v) is 11.2. The molecule has 0 radical (unpaired) electrons. The molecule has 0 fully saturated rings. The van der Waals surface area contributed by atoms with Gasteiger partial charge in [-0.3, -0.25) is 0 Å². The van der Waals surface area contributed by atoms with E-state index in [-0.39, 0.29) is 0 Å². The Hall–Kier alpha value is -2.62. The van der Waals surface area contributed by atoms with Crippen molar-refractivity contribution in [2.24, 2.45) is 0 Å². The molecule has 20 heavy (non-hydrogen) atoms. The summed E-state index contributed by atoms with van der Waals surface area (Å²) in [6.07, 6.45) is 1.34. The third-order valence-corrected chi connectivity index (χ3v) is 3.17. The van der Waals surface area contributed by atoms with Crippen molar-refractivity contribution in [1.82, 2.24) is 10.2 Å². The molecule has 1 heterocycles. The minimum atomic E-state index is 0.535. The first-order valence-corrected chi connectivity index (χ1v) is 6.48. The monoisotopic (exact) mass is 265 g/mol. The number of aryl methyl sites for hydroxylation is 1. The van der Waals surface area contributed by atoms with Crippen molar-refractivity contribution < 1.29 is 4.42 Å². The van der Waals surface area contributed by atoms with Gasteiger partial charge in [0.2, 0.25) is 12.3 Å². The van der Waals surface area contributed by atoms with E-state index < -0.39 is 0 Å². The molecular weight excluding hydrogens is 250 g/mol. The van der Waals surface area contributed by atoms with Crippen LogP contribution in [0.5, 0.6) is 0 Å². The molecule has 1 aromatic heterocycles. The first kappa shape index (κ1) is 12.4. The summed E-state index contributed by atoms with van der Waals surface area (Å²) in [6.45, 7) is 2.86. The van der Waals surface area contributed by atoms with Gasteiger partial charge in [0.1, 0.15) is 0 Å². The molecule has 0 bridgehead atoms. The van der Waals surface area contributed by atoms with E-state index in [1.165, 1.54) is 17.5 Å². The van der Waals surface area contributed by atoms with E-state index in [0.717, 1.165) is 17.8 Å². The lowest BCUT2D eigenvalue weighted by Gasteiger charge is -2.10. The molecule has 100 valence electrons.